The van der Waals surface area contributed by atoms with Crippen LogP contribution in [-0.2, 0) is 6.61 Å². The van der Waals surface area contributed by atoms with E-state index in [1.165, 1.54) is 0 Å². The molecule has 0 bridgehead atoms. The predicted octanol–water partition coefficient (Wildman–Crippen LogP) is 2.12. The highest BCUT2D eigenvalue weighted by Gasteiger charge is 2.27. The Morgan fingerprint density at radius 3 is 2.81 bits per heavy atom. The van der Waals surface area contributed by atoms with Gasteiger partial charge >= 0.3 is 0 Å². The second kappa shape index (κ2) is 5.04. The van der Waals surface area contributed by atoms with E-state index >= 15 is 0 Å². The first-order chi connectivity index (χ1) is 7.70. The molecule has 1 aromatic carbocycles. The van der Waals surface area contributed by atoms with E-state index in [1.807, 2.05) is 0 Å². The van der Waals surface area contributed by atoms with Crippen molar-refractivity contribution in [2.45, 2.75) is 38.1 Å². The first-order valence-corrected chi connectivity index (χ1v) is 5.82. The van der Waals surface area contributed by atoms with Gasteiger partial charge < -0.3 is 14.9 Å². The van der Waals surface area contributed by atoms with Gasteiger partial charge in [0.05, 0.1) is 12.7 Å². The largest absolute Gasteiger partial charge is 0.487 e. The molecule has 1 fully saturated rings. The normalized spacial score (nSPS) is 24.7. The third kappa shape index (κ3) is 2.48. The lowest BCUT2D eigenvalue weighted by Crippen LogP contribution is -2.26. The molecule has 3 nitrogen and oxygen atoms in total. The SMILES string of the molecule is OCc1cc(Cl)ccc1OC1CCCC1O. The Hall–Kier alpha value is -0.770. The smallest absolute Gasteiger partial charge is 0.125 e. The molecule has 0 spiro atoms. The lowest BCUT2D eigenvalue weighted by atomic mass is 10.2. The number of aliphatic hydroxyl groups excluding tert-OH is 2. The molecule has 0 aliphatic heterocycles. The maximum atomic E-state index is 9.65. The summed E-state index contributed by atoms with van der Waals surface area (Å²) in [6.45, 7) is -0.112. The number of hydrogen-bond acceptors (Lipinski definition) is 3. The van der Waals surface area contributed by atoms with Crippen LogP contribution in [0.3, 0.4) is 0 Å². The average molecular weight is 243 g/mol. The molecule has 0 amide bonds. The molecule has 4 heteroatoms. The lowest BCUT2D eigenvalue weighted by molar-refractivity contribution is 0.0589. The molecule has 0 heterocycles. The standard InChI is InChI=1S/C12H15ClO3/c13-9-4-5-11(8(6-9)7-14)16-12-3-1-2-10(12)15/h4-6,10,12,14-15H,1-3,7H2. The fourth-order valence-electron chi connectivity index (χ4n) is 1.99. The average Bonchev–Trinajstić information content (AvgIpc) is 2.67. The summed E-state index contributed by atoms with van der Waals surface area (Å²) in [5.74, 6) is 0.609. The third-order valence-corrected chi connectivity index (χ3v) is 3.12. The summed E-state index contributed by atoms with van der Waals surface area (Å²) in [6.07, 6.45) is 2.06. The van der Waals surface area contributed by atoms with Crippen molar-refractivity contribution in [2.24, 2.45) is 0 Å². The molecule has 1 aliphatic carbocycles. The van der Waals surface area contributed by atoms with Gasteiger partial charge in [0.15, 0.2) is 0 Å². The van der Waals surface area contributed by atoms with Crippen molar-refractivity contribution in [1.29, 1.82) is 0 Å². The highest BCUT2D eigenvalue weighted by atomic mass is 35.5. The van der Waals surface area contributed by atoms with E-state index in [0.29, 0.717) is 16.3 Å². The summed E-state index contributed by atoms with van der Waals surface area (Å²) in [5, 5.41) is 19.4. The maximum absolute atomic E-state index is 9.65. The second-order valence-corrected chi connectivity index (χ2v) is 4.50. The maximum Gasteiger partial charge on any atom is 0.125 e. The van der Waals surface area contributed by atoms with Crippen molar-refractivity contribution in [1.82, 2.24) is 0 Å². The van der Waals surface area contributed by atoms with Crippen molar-refractivity contribution in [3.8, 4) is 5.75 Å². The van der Waals surface area contributed by atoms with Crippen LogP contribution >= 0.6 is 11.6 Å². The van der Waals surface area contributed by atoms with E-state index in [1.54, 1.807) is 18.2 Å². The van der Waals surface area contributed by atoms with Gasteiger partial charge in [0.25, 0.3) is 0 Å². The molecule has 1 aromatic rings. The molecule has 1 aliphatic rings. The molecule has 2 atom stereocenters. The Morgan fingerprint density at radius 2 is 2.19 bits per heavy atom. The van der Waals surface area contributed by atoms with Crippen LogP contribution in [0, 0.1) is 0 Å². The van der Waals surface area contributed by atoms with Crippen molar-refractivity contribution in [3.05, 3.63) is 28.8 Å². The van der Waals surface area contributed by atoms with Crippen molar-refractivity contribution in [2.75, 3.05) is 0 Å². The Kier molecular flexibility index (Phi) is 3.69. The van der Waals surface area contributed by atoms with Crippen LogP contribution in [-0.4, -0.2) is 22.4 Å². The summed E-state index contributed by atoms with van der Waals surface area (Å²) in [4.78, 5) is 0. The summed E-state index contributed by atoms with van der Waals surface area (Å²) in [6, 6.07) is 5.13. The quantitative estimate of drug-likeness (QED) is 0.854. The van der Waals surface area contributed by atoms with Crippen molar-refractivity contribution in [3.63, 3.8) is 0 Å². The molecular formula is C12H15ClO3. The third-order valence-electron chi connectivity index (χ3n) is 2.89. The van der Waals surface area contributed by atoms with Gasteiger partial charge in [-0.1, -0.05) is 11.6 Å². The topological polar surface area (TPSA) is 49.7 Å². The molecule has 2 N–H and O–H groups in total. The highest BCUT2D eigenvalue weighted by Crippen LogP contribution is 2.28. The molecular weight excluding hydrogens is 228 g/mol. The molecule has 16 heavy (non-hydrogen) atoms. The van der Waals surface area contributed by atoms with Crippen LogP contribution in [0.4, 0.5) is 0 Å². The van der Waals surface area contributed by atoms with Crippen LogP contribution < -0.4 is 4.74 Å². The first kappa shape index (κ1) is 11.7. The number of aliphatic hydroxyl groups is 2. The van der Waals surface area contributed by atoms with Gasteiger partial charge in [-0.25, -0.2) is 0 Å². The Balaban J connectivity index is 2.14. The van der Waals surface area contributed by atoms with E-state index in [0.717, 1.165) is 19.3 Å². The van der Waals surface area contributed by atoms with Gasteiger partial charge in [0, 0.05) is 10.6 Å². The van der Waals surface area contributed by atoms with E-state index < -0.39 is 6.10 Å². The van der Waals surface area contributed by atoms with Crippen molar-refractivity contribution >= 4 is 11.6 Å². The molecule has 88 valence electrons. The zero-order valence-electron chi connectivity index (χ0n) is 8.90. The van der Waals surface area contributed by atoms with Crippen LogP contribution in [0.1, 0.15) is 24.8 Å². The van der Waals surface area contributed by atoms with Gasteiger partial charge in [0.2, 0.25) is 0 Å². The minimum Gasteiger partial charge on any atom is -0.487 e. The monoisotopic (exact) mass is 242 g/mol. The summed E-state index contributed by atoms with van der Waals surface area (Å²) >= 11 is 5.82. The highest BCUT2D eigenvalue weighted by molar-refractivity contribution is 6.30. The van der Waals surface area contributed by atoms with E-state index in [-0.39, 0.29) is 12.7 Å². The Labute approximate surface area is 99.6 Å². The minimum atomic E-state index is -0.401. The number of ether oxygens (including phenoxy) is 1. The Bertz CT molecular complexity index is 367. The molecule has 1 saturated carbocycles. The molecule has 2 rings (SSSR count). The fraction of sp³-hybridized carbons (Fsp3) is 0.500. The van der Waals surface area contributed by atoms with Crippen LogP contribution in [0.5, 0.6) is 5.75 Å². The zero-order chi connectivity index (χ0) is 11.5. The van der Waals surface area contributed by atoms with Gasteiger partial charge in [-0.15, -0.1) is 0 Å². The predicted molar refractivity (Wildman–Crippen MR) is 61.6 cm³/mol. The first-order valence-electron chi connectivity index (χ1n) is 5.44. The van der Waals surface area contributed by atoms with Crippen molar-refractivity contribution < 1.29 is 14.9 Å². The van der Waals surface area contributed by atoms with E-state index in [4.69, 9.17) is 16.3 Å². The summed E-state index contributed by atoms with van der Waals surface area (Å²) in [5.41, 5.74) is 0.659. The molecule has 0 aromatic heterocycles. The van der Waals surface area contributed by atoms with E-state index in [2.05, 4.69) is 0 Å². The van der Waals surface area contributed by atoms with Gasteiger partial charge in [-0.05, 0) is 37.5 Å². The molecule has 0 saturated heterocycles. The summed E-state index contributed by atoms with van der Waals surface area (Å²) < 4.78 is 5.70. The van der Waals surface area contributed by atoms with Gasteiger partial charge in [-0.2, -0.15) is 0 Å². The lowest BCUT2D eigenvalue weighted by Gasteiger charge is -2.19. The minimum absolute atomic E-state index is 0.112. The number of rotatable bonds is 3. The number of benzene rings is 1. The van der Waals surface area contributed by atoms with Gasteiger partial charge in [-0.3, -0.25) is 0 Å². The number of halogens is 1. The zero-order valence-corrected chi connectivity index (χ0v) is 9.65. The van der Waals surface area contributed by atoms with Crippen LogP contribution in [0.15, 0.2) is 18.2 Å². The number of hydrogen-bond donors (Lipinski definition) is 2. The molecule has 2 unspecified atom stereocenters. The van der Waals surface area contributed by atoms with E-state index in [9.17, 15) is 10.2 Å². The Morgan fingerprint density at radius 1 is 1.38 bits per heavy atom. The summed E-state index contributed by atoms with van der Waals surface area (Å²) in [7, 11) is 0. The fourth-order valence-corrected chi connectivity index (χ4v) is 2.19. The molecule has 0 radical (unpaired) electrons. The van der Waals surface area contributed by atoms with Crippen LogP contribution in [0.2, 0.25) is 5.02 Å². The second-order valence-electron chi connectivity index (χ2n) is 4.06. The van der Waals surface area contributed by atoms with Gasteiger partial charge in [0.1, 0.15) is 11.9 Å². The van der Waals surface area contributed by atoms with Crippen LogP contribution in [0.25, 0.3) is 0 Å².